The number of nitrogens with zero attached hydrogens (tertiary/aromatic N) is 2. The molecule has 3 aromatic rings. The number of anilines is 1. The van der Waals surface area contributed by atoms with E-state index in [-0.39, 0.29) is 11.4 Å². The van der Waals surface area contributed by atoms with Gasteiger partial charge in [-0.1, -0.05) is 23.9 Å². The number of benzene rings is 2. The number of hydrogen-bond acceptors (Lipinski definition) is 6. The van der Waals surface area contributed by atoms with Crippen LogP contribution in [0.25, 0.3) is 11.3 Å². The number of hydrogen-bond donors (Lipinski definition) is 1. The van der Waals surface area contributed by atoms with Gasteiger partial charge in [-0.15, -0.1) is 10.2 Å². The molecule has 6 nitrogen and oxygen atoms in total. The number of ether oxygens (including phenoxy) is 2. The number of thioether (sulfide) groups is 1. The Morgan fingerprint density at radius 3 is 2.39 bits per heavy atom. The summed E-state index contributed by atoms with van der Waals surface area (Å²) in [5, 5.41) is 11.0. The van der Waals surface area contributed by atoms with Gasteiger partial charge in [0.1, 0.15) is 5.03 Å². The number of aromatic nitrogens is 2. The lowest BCUT2D eigenvalue weighted by atomic mass is 10.1. The Hall–Kier alpha value is -3.27. The van der Waals surface area contributed by atoms with Crippen LogP contribution in [0, 0.1) is 0 Å². The predicted molar refractivity (Wildman–Crippen MR) is 111 cm³/mol. The van der Waals surface area contributed by atoms with Crippen molar-refractivity contribution in [2.75, 3.05) is 25.3 Å². The van der Waals surface area contributed by atoms with Crippen LogP contribution in [-0.2, 0) is 11.0 Å². The zero-order valence-corrected chi connectivity index (χ0v) is 17.4. The van der Waals surface area contributed by atoms with Crippen molar-refractivity contribution in [2.45, 2.75) is 11.2 Å². The largest absolute Gasteiger partial charge is 0.493 e. The highest BCUT2D eigenvalue weighted by Gasteiger charge is 2.33. The van der Waals surface area contributed by atoms with Crippen molar-refractivity contribution in [3.8, 4) is 22.8 Å². The third-order valence-electron chi connectivity index (χ3n) is 4.18. The second-order valence-electron chi connectivity index (χ2n) is 6.21. The van der Waals surface area contributed by atoms with Gasteiger partial charge in [0.2, 0.25) is 5.91 Å². The second kappa shape index (κ2) is 9.69. The zero-order valence-electron chi connectivity index (χ0n) is 16.6. The molecule has 0 radical (unpaired) electrons. The molecule has 0 aliphatic rings. The summed E-state index contributed by atoms with van der Waals surface area (Å²) in [6, 6.07) is 13.6. The number of methoxy groups -OCH3 is 2. The van der Waals surface area contributed by atoms with Gasteiger partial charge in [0.25, 0.3) is 0 Å². The standard InChI is InChI=1S/C21H18F3N3O3S/c1-29-17-9-7-13(11-18(17)30-2)15-8-10-20(27-26-15)31-12-19(28)25-16-6-4-3-5-14(16)21(22,23)24/h3-11H,12H2,1-2H3,(H,25,28). The van der Waals surface area contributed by atoms with Gasteiger partial charge < -0.3 is 14.8 Å². The summed E-state index contributed by atoms with van der Waals surface area (Å²) in [4.78, 5) is 12.1. The molecule has 0 saturated carbocycles. The van der Waals surface area contributed by atoms with Gasteiger partial charge in [-0.25, -0.2) is 0 Å². The van der Waals surface area contributed by atoms with E-state index in [0.29, 0.717) is 22.2 Å². The first-order valence-electron chi connectivity index (χ1n) is 8.97. The molecule has 1 aromatic heterocycles. The fourth-order valence-electron chi connectivity index (χ4n) is 2.71. The fourth-order valence-corrected chi connectivity index (χ4v) is 3.33. The summed E-state index contributed by atoms with van der Waals surface area (Å²) < 4.78 is 49.6. The van der Waals surface area contributed by atoms with Crippen LogP contribution >= 0.6 is 11.8 Å². The summed E-state index contributed by atoms with van der Waals surface area (Å²) in [5.41, 5.74) is 0.181. The van der Waals surface area contributed by atoms with Crippen molar-refractivity contribution in [2.24, 2.45) is 0 Å². The third kappa shape index (κ3) is 5.66. The number of carbonyl (C=O) groups is 1. The van der Waals surface area contributed by atoms with Crippen LogP contribution in [0.5, 0.6) is 11.5 Å². The number of carbonyl (C=O) groups excluding carboxylic acids is 1. The third-order valence-corrected chi connectivity index (χ3v) is 5.10. The number of alkyl halides is 3. The molecule has 10 heteroatoms. The molecule has 0 unspecified atom stereocenters. The normalized spacial score (nSPS) is 11.1. The lowest BCUT2D eigenvalue weighted by Gasteiger charge is -2.13. The van der Waals surface area contributed by atoms with Gasteiger partial charge in [-0.3, -0.25) is 4.79 Å². The molecule has 1 N–H and O–H groups in total. The smallest absolute Gasteiger partial charge is 0.418 e. The summed E-state index contributed by atoms with van der Waals surface area (Å²) in [5.74, 6) is 0.448. The lowest BCUT2D eigenvalue weighted by molar-refractivity contribution is -0.137. The Bertz CT molecular complexity index is 1060. The van der Waals surface area contributed by atoms with Gasteiger partial charge in [0.15, 0.2) is 11.5 Å². The first kappa shape index (κ1) is 22.4. The number of amides is 1. The van der Waals surface area contributed by atoms with Crippen LogP contribution in [0.2, 0.25) is 0 Å². The van der Waals surface area contributed by atoms with E-state index >= 15 is 0 Å². The molecule has 0 saturated heterocycles. The zero-order chi connectivity index (χ0) is 22.4. The first-order chi connectivity index (χ1) is 14.8. The molecule has 1 heterocycles. The van der Waals surface area contributed by atoms with Gasteiger partial charge in [-0.2, -0.15) is 13.2 Å². The summed E-state index contributed by atoms with van der Waals surface area (Å²) in [7, 11) is 3.08. The molecule has 0 aliphatic carbocycles. The van der Waals surface area contributed by atoms with E-state index in [9.17, 15) is 18.0 Å². The van der Waals surface area contributed by atoms with Crippen LogP contribution in [-0.4, -0.2) is 36.1 Å². The van der Waals surface area contributed by atoms with Gasteiger partial charge >= 0.3 is 6.18 Å². The Labute approximate surface area is 180 Å². The molecule has 0 bridgehead atoms. The van der Waals surface area contributed by atoms with Gasteiger partial charge in [0, 0.05) is 5.56 Å². The molecule has 2 aromatic carbocycles. The number of rotatable bonds is 7. The van der Waals surface area contributed by atoms with Gasteiger partial charge in [-0.05, 0) is 42.5 Å². The monoisotopic (exact) mass is 449 g/mol. The van der Waals surface area contributed by atoms with Crippen molar-refractivity contribution in [3.63, 3.8) is 0 Å². The minimum atomic E-state index is -4.55. The van der Waals surface area contributed by atoms with Crippen LogP contribution < -0.4 is 14.8 Å². The van der Waals surface area contributed by atoms with E-state index in [2.05, 4.69) is 15.5 Å². The first-order valence-corrected chi connectivity index (χ1v) is 9.95. The molecule has 162 valence electrons. The summed E-state index contributed by atoms with van der Waals surface area (Å²) in [6.07, 6.45) is -4.55. The average Bonchev–Trinajstić information content (AvgIpc) is 2.77. The quantitative estimate of drug-likeness (QED) is 0.517. The molecular weight excluding hydrogens is 431 g/mol. The minimum Gasteiger partial charge on any atom is -0.493 e. The highest BCUT2D eigenvalue weighted by molar-refractivity contribution is 7.99. The molecule has 3 rings (SSSR count). The SMILES string of the molecule is COc1ccc(-c2ccc(SCC(=O)Nc3ccccc3C(F)(F)F)nn2)cc1OC. The topological polar surface area (TPSA) is 73.3 Å². The van der Waals surface area contributed by atoms with E-state index < -0.39 is 17.6 Å². The maximum atomic E-state index is 13.0. The fraction of sp³-hybridized carbons (Fsp3) is 0.190. The predicted octanol–water partition coefficient (Wildman–Crippen LogP) is 4.91. The van der Waals surface area contributed by atoms with E-state index in [1.165, 1.54) is 25.3 Å². The average molecular weight is 449 g/mol. The van der Waals surface area contributed by atoms with E-state index in [4.69, 9.17) is 9.47 Å². The molecule has 0 atom stereocenters. The Kier molecular flexibility index (Phi) is 7.01. The number of para-hydroxylation sites is 1. The van der Waals surface area contributed by atoms with Gasteiger partial charge in [0.05, 0.1) is 36.9 Å². The molecule has 0 spiro atoms. The van der Waals surface area contributed by atoms with Crippen molar-refractivity contribution in [1.29, 1.82) is 0 Å². The maximum absolute atomic E-state index is 13.0. The number of nitrogens with one attached hydrogen (secondary N) is 1. The Balaban J connectivity index is 1.63. The van der Waals surface area contributed by atoms with Crippen molar-refractivity contribution < 1.29 is 27.4 Å². The number of halogens is 3. The van der Waals surface area contributed by atoms with Crippen molar-refractivity contribution in [1.82, 2.24) is 10.2 Å². The van der Waals surface area contributed by atoms with E-state index in [1.54, 1.807) is 31.4 Å². The molecule has 0 fully saturated rings. The van der Waals surface area contributed by atoms with E-state index in [1.807, 2.05) is 6.07 Å². The highest BCUT2D eigenvalue weighted by atomic mass is 32.2. The van der Waals surface area contributed by atoms with Crippen LogP contribution in [0.3, 0.4) is 0 Å². The van der Waals surface area contributed by atoms with Crippen LogP contribution in [0.1, 0.15) is 5.56 Å². The van der Waals surface area contributed by atoms with Crippen molar-refractivity contribution in [3.05, 3.63) is 60.2 Å². The summed E-state index contributed by atoms with van der Waals surface area (Å²) in [6.45, 7) is 0. The highest BCUT2D eigenvalue weighted by Crippen LogP contribution is 2.35. The maximum Gasteiger partial charge on any atom is 0.418 e. The lowest BCUT2D eigenvalue weighted by Crippen LogP contribution is -2.18. The van der Waals surface area contributed by atoms with Crippen molar-refractivity contribution >= 4 is 23.4 Å². The minimum absolute atomic E-state index is 0.115. The van der Waals surface area contributed by atoms with E-state index in [0.717, 1.165) is 23.4 Å². The Morgan fingerprint density at radius 2 is 1.74 bits per heavy atom. The molecule has 31 heavy (non-hydrogen) atoms. The van der Waals surface area contributed by atoms with Crippen LogP contribution in [0.15, 0.2) is 59.6 Å². The molecule has 0 aliphatic heterocycles. The van der Waals surface area contributed by atoms with Crippen LogP contribution in [0.4, 0.5) is 18.9 Å². The molecular formula is C21H18F3N3O3S. The Morgan fingerprint density at radius 1 is 1.00 bits per heavy atom. The summed E-state index contributed by atoms with van der Waals surface area (Å²) >= 11 is 1.07. The molecule has 1 amide bonds. The second-order valence-corrected chi connectivity index (χ2v) is 7.20.